The molecular formula is C24H21F3N6O2. The van der Waals surface area contributed by atoms with Crippen LogP contribution >= 0.6 is 0 Å². The molecule has 1 atom stereocenters. The number of aryl methyl sites for hydroxylation is 1. The molecule has 0 radical (unpaired) electrons. The highest BCUT2D eigenvalue weighted by molar-refractivity contribution is 5.98. The van der Waals surface area contributed by atoms with Crippen LogP contribution in [0.15, 0.2) is 53.3 Å². The first-order valence-corrected chi connectivity index (χ1v) is 11.0. The third-order valence-electron chi connectivity index (χ3n) is 6.14. The summed E-state index contributed by atoms with van der Waals surface area (Å²) >= 11 is 0. The molecule has 1 aliphatic heterocycles. The molecule has 4 aromatic rings. The number of benzene rings is 2. The molecular weight excluding hydrogens is 461 g/mol. The summed E-state index contributed by atoms with van der Waals surface area (Å²) in [5.74, 6) is 0.00691. The van der Waals surface area contributed by atoms with Crippen molar-refractivity contribution in [3.05, 3.63) is 76.9 Å². The van der Waals surface area contributed by atoms with Gasteiger partial charge in [0.15, 0.2) is 0 Å². The first kappa shape index (κ1) is 22.8. The van der Waals surface area contributed by atoms with Crippen molar-refractivity contribution in [3.63, 3.8) is 0 Å². The number of nitrogens with zero attached hydrogens (tertiary/aromatic N) is 6. The van der Waals surface area contributed by atoms with Gasteiger partial charge in [0, 0.05) is 12.1 Å². The number of halogens is 3. The standard InChI is InChI=1S/C24H21F3N6O2/c1-14-8-9-19(33-28-10-11-29-33)17(13-14)23(34)32-12-4-7-20(32)22-30-21(31-35-22)16-5-3-6-18(15(16)2)24(25,26)27/h3,5-6,8-11,13,20H,4,7,12H2,1-2H3/t20-/m0/s1. The van der Waals surface area contributed by atoms with Gasteiger partial charge >= 0.3 is 6.18 Å². The molecule has 1 aliphatic rings. The van der Waals surface area contributed by atoms with Gasteiger partial charge in [-0.1, -0.05) is 28.9 Å². The summed E-state index contributed by atoms with van der Waals surface area (Å²) in [6, 6.07) is 8.80. The quantitative estimate of drug-likeness (QED) is 0.410. The van der Waals surface area contributed by atoms with E-state index in [0.717, 1.165) is 18.1 Å². The number of likely N-dealkylation sites (tertiary alicyclic amines) is 1. The van der Waals surface area contributed by atoms with Crippen LogP contribution in [0.4, 0.5) is 13.2 Å². The highest BCUT2D eigenvalue weighted by Crippen LogP contribution is 2.37. The van der Waals surface area contributed by atoms with E-state index in [0.29, 0.717) is 24.2 Å². The van der Waals surface area contributed by atoms with Gasteiger partial charge in [0.25, 0.3) is 5.91 Å². The predicted molar refractivity (Wildman–Crippen MR) is 119 cm³/mol. The smallest absolute Gasteiger partial charge is 0.337 e. The summed E-state index contributed by atoms with van der Waals surface area (Å²) in [5.41, 5.74) is 1.38. The molecule has 1 amide bonds. The van der Waals surface area contributed by atoms with E-state index < -0.39 is 17.8 Å². The minimum absolute atomic E-state index is 0.0165. The van der Waals surface area contributed by atoms with Gasteiger partial charge in [0.05, 0.1) is 29.2 Å². The van der Waals surface area contributed by atoms with Crippen molar-refractivity contribution >= 4 is 5.91 Å². The number of carbonyl (C=O) groups excluding carboxylic acids is 1. The molecule has 5 rings (SSSR count). The van der Waals surface area contributed by atoms with E-state index in [1.807, 2.05) is 13.0 Å². The van der Waals surface area contributed by atoms with Gasteiger partial charge in [-0.2, -0.15) is 33.1 Å². The second-order valence-corrected chi connectivity index (χ2v) is 8.43. The Hall–Kier alpha value is -4.02. The van der Waals surface area contributed by atoms with Gasteiger partial charge in [-0.25, -0.2) is 0 Å². The molecule has 0 unspecified atom stereocenters. The van der Waals surface area contributed by atoms with E-state index in [1.54, 1.807) is 17.0 Å². The monoisotopic (exact) mass is 482 g/mol. The first-order valence-electron chi connectivity index (χ1n) is 11.0. The van der Waals surface area contributed by atoms with E-state index >= 15 is 0 Å². The van der Waals surface area contributed by atoms with Crippen LogP contribution in [0.3, 0.4) is 0 Å². The van der Waals surface area contributed by atoms with Crippen LogP contribution in [0.1, 0.15) is 51.8 Å². The second kappa shape index (κ2) is 8.64. The zero-order chi connectivity index (χ0) is 24.7. The fourth-order valence-corrected chi connectivity index (χ4v) is 4.42. The Morgan fingerprint density at radius 2 is 1.89 bits per heavy atom. The summed E-state index contributed by atoms with van der Waals surface area (Å²) in [6.45, 7) is 3.74. The maximum absolute atomic E-state index is 13.6. The highest BCUT2D eigenvalue weighted by atomic mass is 19.4. The minimum atomic E-state index is -4.49. The third-order valence-corrected chi connectivity index (χ3v) is 6.14. The van der Waals surface area contributed by atoms with E-state index in [2.05, 4.69) is 20.3 Å². The molecule has 180 valence electrons. The Balaban J connectivity index is 1.47. The van der Waals surface area contributed by atoms with Gasteiger partial charge in [-0.3, -0.25) is 4.79 Å². The molecule has 2 aromatic carbocycles. The number of rotatable bonds is 4. The number of carbonyl (C=O) groups is 1. The molecule has 8 nitrogen and oxygen atoms in total. The Labute approximate surface area is 198 Å². The molecule has 0 N–H and O–H groups in total. The molecule has 1 saturated heterocycles. The van der Waals surface area contributed by atoms with Crippen LogP contribution < -0.4 is 0 Å². The predicted octanol–water partition coefficient (Wildman–Crippen LogP) is 4.93. The lowest BCUT2D eigenvalue weighted by Crippen LogP contribution is -2.31. The normalized spacial score (nSPS) is 16.1. The summed E-state index contributed by atoms with van der Waals surface area (Å²) in [4.78, 5) is 21.1. The van der Waals surface area contributed by atoms with Crippen LogP contribution in [0, 0.1) is 13.8 Å². The molecule has 1 fully saturated rings. The van der Waals surface area contributed by atoms with Crippen molar-refractivity contribution in [3.8, 4) is 17.1 Å². The van der Waals surface area contributed by atoms with Crippen molar-refractivity contribution in [2.75, 3.05) is 6.54 Å². The highest BCUT2D eigenvalue weighted by Gasteiger charge is 2.37. The number of amides is 1. The fraction of sp³-hybridized carbons (Fsp3) is 0.292. The van der Waals surface area contributed by atoms with E-state index in [1.165, 1.54) is 36.2 Å². The van der Waals surface area contributed by atoms with E-state index in [9.17, 15) is 18.0 Å². The largest absolute Gasteiger partial charge is 0.416 e. The molecule has 2 aromatic heterocycles. The summed E-state index contributed by atoms with van der Waals surface area (Å²) in [5, 5.41) is 12.2. The summed E-state index contributed by atoms with van der Waals surface area (Å²) in [6.07, 6.45) is -0.116. The fourth-order valence-electron chi connectivity index (χ4n) is 4.42. The van der Waals surface area contributed by atoms with Gasteiger partial charge in [0.1, 0.15) is 6.04 Å². The van der Waals surface area contributed by atoms with Crippen LogP contribution in [-0.4, -0.2) is 42.5 Å². The molecule has 0 saturated carbocycles. The van der Waals surface area contributed by atoms with E-state index in [4.69, 9.17) is 4.52 Å². The van der Waals surface area contributed by atoms with Gasteiger partial charge < -0.3 is 9.42 Å². The SMILES string of the molecule is Cc1ccc(-n2nccn2)c(C(=O)N2CCC[C@H]2c2nc(-c3cccc(C(F)(F)F)c3C)no2)c1. The average molecular weight is 482 g/mol. The lowest BCUT2D eigenvalue weighted by Gasteiger charge is -2.23. The number of alkyl halides is 3. The molecule has 0 aliphatic carbocycles. The average Bonchev–Trinajstić information content (AvgIpc) is 3.59. The van der Waals surface area contributed by atoms with Crippen LogP contribution in [0.25, 0.3) is 17.1 Å². The maximum Gasteiger partial charge on any atom is 0.416 e. The Kier molecular flexibility index (Phi) is 5.62. The summed E-state index contributed by atoms with van der Waals surface area (Å²) < 4.78 is 45.5. The lowest BCUT2D eigenvalue weighted by atomic mass is 10.0. The Morgan fingerprint density at radius 3 is 2.63 bits per heavy atom. The van der Waals surface area contributed by atoms with Crippen molar-refractivity contribution in [2.24, 2.45) is 0 Å². The van der Waals surface area contributed by atoms with Gasteiger partial charge in [0.2, 0.25) is 11.7 Å². The Morgan fingerprint density at radius 1 is 1.11 bits per heavy atom. The zero-order valence-corrected chi connectivity index (χ0v) is 19.0. The van der Waals surface area contributed by atoms with Gasteiger partial charge in [-0.15, -0.1) is 0 Å². The van der Waals surface area contributed by atoms with Crippen LogP contribution in [0.5, 0.6) is 0 Å². The molecule has 0 spiro atoms. The van der Waals surface area contributed by atoms with Crippen LogP contribution in [0.2, 0.25) is 0 Å². The third kappa shape index (κ3) is 4.17. The zero-order valence-electron chi connectivity index (χ0n) is 19.0. The molecule has 11 heteroatoms. The van der Waals surface area contributed by atoms with Crippen molar-refractivity contribution in [2.45, 2.75) is 38.9 Å². The topological polar surface area (TPSA) is 89.9 Å². The first-order chi connectivity index (χ1) is 16.7. The number of hydrogen-bond donors (Lipinski definition) is 0. The van der Waals surface area contributed by atoms with Crippen molar-refractivity contribution in [1.82, 2.24) is 30.0 Å². The molecule has 35 heavy (non-hydrogen) atoms. The summed E-state index contributed by atoms with van der Waals surface area (Å²) in [7, 11) is 0. The number of aromatic nitrogens is 5. The van der Waals surface area contributed by atoms with E-state index in [-0.39, 0.29) is 28.7 Å². The van der Waals surface area contributed by atoms with Gasteiger partial charge in [-0.05, 0) is 50.5 Å². The maximum atomic E-state index is 13.6. The Bertz CT molecular complexity index is 1380. The second-order valence-electron chi connectivity index (χ2n) is 8.43. The number of hydrogen-bond acceptors (Lipinski definition) is 6. The molecule has 3 heterocycles. The van der Waals surface area contributed by atoms with Crippen molar-refractivity contribution in [1.29, 1.82) is 0 Å². The minimum Gasteiger partial charge on any atom is -0.337 e. The lowest BCUT2D eigenvalue weighted by molar-refractivity contribution is -0.138. The van der Waals surface area contributed by atoms with Crippen molar-refractivity contribution < 1.29 is 22.5 Å². The molecule has 0 bridgehead atoms. The van der Waals surface area contributed by atoms with Crippen LogP contribution in [-0.2, 0) is 6.18 Å².